The summed E-state index contributed by atoms with van der Waals surface area (Å²) in [7, 11) is 0. The Morgan fingerprint density at radius 3 is 2.63 bits per heavy atom. The molecule has 0 aliphatic carbocycles. The molecule has 6 nitrogen and oxygen atoms in total. The zero-order valence-corrected chi connectivity index (χ0v) is 18.5. The lowest BCUT2D eigenvalue weighted by Crippen LogP contribution is -2.45. The van der Waals surface area contributed by atoms with Crippen molar-refractivity contribution >= 4 is 11.8 Å². The maximum atomic E-state index is 13.1. The summed E-state index contributed by atoms with van der Waals surface area (Å²) in [4.78, 5) is 29.2. The van der Waals surface area contributed by atoms with Gasteiger partial charge >= 0.3 is 0 Å². The van der Waals surface area contributed by atoms with E-state index in [2.05, 4.69) is 13.5 Å². The summed E-state index contributed by atoms with van der Waals surface area (Å²) in [5.74, 6) is 0.670. The number of hydrogen-bond acceptors (Lipinski definition) is 4. The first-order valence-electron chi connectivity index (χ1n) is 11.4. The molecule has 168 valence electrons. The molecule has 0 spiro atoms. The summed E-state index contributed by atoms with van der Waals surface area (Å²) >= 11 is 0. The van der Waals surface area contributed by atoms with Gasteiger partial charge in [0, 0.05) is 26.1 Å². The van der Waals surface area contributed by atoms with E-state index in [1.165, 1.54) is 25.7 Å². The number of carbonyl (C=O) groups is 2. The zero-order valence-electron chi connectivity index (χ0n) is 18.5. The number of rotatable bonds is 15. The highest BCUT2D eigenvalue weighted by molar-refractivity contribution is 5.85. The van der Waals surface area contributed by atoms with Crippen molar-refractivity contribution in [2.45, 2.75) is 77.4 Å². The van der Waals surface area contributed by atoms with Crippen LogP contribution in [-0.2, 0) is 20.9 Å². The summed E-state index contributed by atoms with van der Waals surface area (Å²) in [5, 5.41) is 0. The molecule has 1 fully saturated rings. The van der Waals surface area contributed by atoms with Gasteiger partial charge in [-0.1, -0.05) is 45.1 Å². The van der Waals surface area contributed by atoms with Crippen molar-refractivity contribution < 1.29 is 18.7 Å². The Morgan fingerprint density at radius 1 is 1.17 bits per heavy atom. The number of furan rings is 1. The molecule has 0 bridgehead atoms. The fraction of sp³-hybridized carbons (Fsp3) is 0.667. The van der Waals surface area contributed by atoms with Crippen molar-refractivity contribution in [1.82, 2.24) is 9.80 Å². The van der Waals surface area contributed by atoms with E-state index in [0.29, 0.717) is 26.1 Å². The monoisotopic (exact) mass is 418 g/mol. The summed E-state index contributed by atoms with van der Waals surface area (Å²) in [6, 6.07) is 3.68. The molecule has 1 aromatic rings. The third-order valence-electron chi connectivity index (χ3n) is 5.50. The van der Waals surface area contributed by atoms with Crippen LogP contribution in [0.5, 0.6) is 0 Å². The van der Waals surface area contributed by atoms with Gasteiger partial charge in [0.05, 0.1) is 18.9 Å². The number of carbonyl (C=O) groups excluding carboxylic acids is 2. The van der Waals surface area contributed by atoms with E-state index in [9.17, 15) is 9.59 Å². The highest BCUT2D eigenvalue weighted by atomic mass is 16.5. The largest absolute Gasteiger partial charge is 0.467 e. The Hall–Kier alpha value is -2.08. The molecular formula is C24H38N2O4. The molecule has 0 saturated carbocycles. The maximum absolute atomic E-state index is 13.1. The third-order valence-corrected chi connectivity index (χ3v) is 5.50. The van der Waals surface area contributed by atoms with Crippen LogP contribution in [0.3, 0.4) is 0 Å². The van der Waals surface area contributed by atoms with E-state index in [-0.39, 0.29) is 24.5 Å². The molecule has 2 amide bonds. The van der Waals surface area contributed by atoms with Crippen LogP contribution in [0.4, 0.5) is 0 Å². The summed E-state index contributed by atoms with van der Waals surface area (Å²) < 4.78 is 11.2. The molecule has 2 rings (SSSR count). The highest BCUT2D eigenvalue weighted by Gasteiger charge is 2.25. The van der Waals surface area contributed by atoms with Gasteiger partial charge in [0.2, 0.25) is 11.8 Å². The quantitative estimate of drug-likeness (QED) is 0.310. The lowest BCUT2D eigenvalue weighted by Gasteiger charge is -2.28. The van der Waals surface area contributed by atoms with E-state index < -0.39 is 0 Å². The first-order chi connectivity index (χ1) is 14.6. The van der Waals surface area contributed by atoms with Gasteiger partial charge in [-0.15, -0.1) is 6.58 Å². The minimum atomic E-state index is -0.0833. The molecule has 2 heterocycles. The van der Waals surface area contributed by atoms with Gasteiger partial charge in [-0.3, -0.25) is 9.59 Å². The standard InChI is InChI=1S/C24H38N2O4/c1-3-5-6-7-8-9-14-23(27)25(15-4-2)20-24(28)26(18-21-12-10-16-29-21)19-22-13-11-17-30-22/h4,10,12,16,22H,2-3,5-9,11,13-15,17-20H2,1H3/t22-/m0/s1. The number of unbranched alkanes of at least 4 members (excludes halogenated alkanes) is 5. The van der Waals surface area contributed by atoms with Crippen LogP contribution >= 0.6 is 0 Å². The zero-order chi connectivity index (χ0) is 21.6. The average Bonchev–Trinajstić information content (AvgIpc) is 3.44. The van der Waals surface area contributed by atoms with Crippen molar-refractivity contribution in [3.63, 3.8) is 0 Å². The number of amides is 2. The summed E-state index contributed by atoms with van der Waals surface area (Å²) in [5.41, 5.74) is 0. The first-order valence-corrected chi connectivity index (χ1v) is 11.4. The number of ether oxygens (including phenoxy) is 1. The topological polar surface area (TPSA) is 63.0 Å². The first kappa shape index (κ1) is 24.2. The van der Waals surface area contributed by atoms with Crippen LogP contribution in [-0.4, -0.2) is 54.0 Å². The molecule has 1 aliphatic heterocycles. The lowest BCUT2D eigenvalue weighted by atomic mass is 10.1. The molecule has 1 aromatic heterocycles. The normalized spacial score (nSPS) is 15.8. The van der Waals surface area contributed by atoms with E-state index in [1.807, 2.05) is 12.1 Å². The fourth-order valence-electron chi connectivity index (χ4n) is 3.77. The lowest BCUT2D eigenvalue weighted by molar-refractivity contribution is -0.141. The van der Waals surface area contributed by atoms with Gasteiger partial charge in [-0.25, -0.2) is 0 Å². The van der Waals surface area contributed by atoms with Crippen molar-refractivity contribution in [2.75, 3.05) is 26.2 Å². The molecule has 0 aromatic carbocycles. The fourth-order valence-corrected chi connectivity index (χ4v) is 3.77. The molecular weight excluding hydrogens is 380 g/mol. The molecule has 30 heavy (non-hydrogen) atoms. The Labute approximate surface area is 181 Å². The Kier molecular flexibility index (Phi) is 11.3. The SMILES string of the molecule is C=CCN(CC(=O)N(Cc1ccco1)C[C@@H]1CCCO1)C(=O)CCCCCCCC. The van der Waals surface area contributed by atoms with E-state index in [1.54, 1.807) is 22.1 Å². The molecule has 0 radical (unpaired) electrons. The second-order valence-electron chi connectivity index (χ2n) is 8.07. The van der Waals surface area contributed by atoms with Gasteiger partial charge in [-0.2, -0.15) is 0 Å². The predicted octanol–water partition coefficient (Wildman–Crippen LogP) is 4.55. The van der Waals surface area contributed by atoms with Crippen LogP contribution < -0.4 is 0 Å². The van der Waals surface area contributed by atoms with E-state index in [0.717, 1.165) is 38.1 Å². The van der Waals surface area contributed by atoms with Crippen LogP contribution in [0.15, 0.2) is 35.5 Å². The van der Waals surface area contributed by atoms with Crippen LogP contribution in [0.25, 0.3) is 0 Å². The second kappa shape index (κ2) is 14.0. The smallest absolute Gasteiger partial charge is 0.242 e. The molecule has 1 aliphatic rings. The average molecular weight is 419 g/mol. The van der Waals surface area contributed by atoms with Gasteiger partial charge in [-0.05, 0) is 31.4 Å². The predicted molar refractivity (Wildman–Crippen MR) is 118 cm³/mol. The maximum Gasteiger partial charge on any atom is 0.242 e. The van der Waals surface area contributed by atoms with E-state index >= 15 is 0 Å². The molecule has 6 heteroatoms. The Morgan fingerprint density at radius 2 is 1.97 bits per heavy atom. The van der Waals surface area contributed by atoms with Crippen LogP contribution in [0, 0.1) is 0 Å². The summed E-state index contributed by atoms with van der Waals surface area (Å²) in [6.07, 6.45) is 12.6. The Balaban J connectivity index is 1.89. The van der Waals surface area contributed by atoms with E-state index in [4.69, 9.17) is 9.15 Å². The van der Waals surface area contributed by atoms with Crippen LogP contribution in [0.1, 0.15) is 70.5 Å². The van der Waals surface area contributed by atoms with Crippen molar-refractivity contribution in [1.29, 1.82) is 0 Å². The van der Waals surface area contributed by atoms with Crippen LogP contribution in [0.2, 0.25) is 0 Å². The van der Waals surface area contributed by atoms with Gasteiger partial charge in [0.15, 0.2) is 0 Å². The number of hydrogen-bond donors (Lipinski definition) is 0. The van der Waals surface area contributed by atoms with Crippen molar-refractivity contribution in [2.24, 2.45) is 0 Å². The van der Waals surface area contributed by atoms with Gasteiger partial charge in [0.1, 0.15) is 12.3 Å². The minimum Gasteiger partial charge on any atom is -0.467 e. The molecule has 0 N–H and O–H groups in total. The van der Waals surface area contributed by atoms with Crippen molar-refractivity contribution in [3.8, 4) is 0 Å². The second-order valence-corrected chi connectivity index (χ2v) is 8.07. The van der Waals surface area contributed by atoms with Crippen molar-refractivity contribution in [3.05, 3.63) is 36.8 Å². The molecule has 0 unspecified atom stereocenters. The number of nitrogens with zero attached hydrogens (tertiary/aromatic N) is 2. The summed E-state index contributed by atoms with van der Waals surface area (Å²) in [6.45, 7) is 8.05. The van der Waals surface area contributed by atoms with Gasteiger partial charge < -0.3 is 19.0 Å². The minimum absolute atomic E-state index is 0.0220. The molecule has 1 atom stereocenters. The Bertz CT molecular complexity index is 623. The van der Waals surface area contributed by atoms with Gasteiger partial charge in [0.25, 0.3) is 0 Å². The highest BCUT2D eigenvalue weighted by Crippen LogP contribution is 2.16. The molecule has 1 saturated heterocycles. The third kappa shape index (κ3) is 8.74.